The van der Waals surface area contributed by atoms with Crippen LogP contribution in [0.1, 0.15) is 12.0 Å². The molecule has 0 spiro atoms. The van der Waals surface area contributed by atoms with Gasteiger partial charge in [-0.05, 0) is 5.56 Å². The van der Waals surface area contributed by atoms with Gasteiger partial charge in [-0.15, -0.1) is 17.5 Å². The molecule has 0 fully saturated rings. The molecule has 0 atom stereocenters. The van der Waals surface area contributed by atoms with Gasteiger partial charge in [0.1, 0.15) is 5.04 Å². The first-order valence-electron chi connectivity index (χ1n) is 5.80. The number of rotatable bonds is 2. The molecule has 0 bridgehead atoms. The van der Waals surface area contributed by atoms with E-state index < -0.39 is 0 Å². The lowest BCUT2D eigenvalue weighted by molar-refractivity contribution is 1.21. The van der Waals surface area contributed by atoms with Gasteiger partial charge in [0.25, 0.3) is 0 Å². The minimum Gasteiger partial charge on any atom is -0.367 e. The number of nitrogens with zero attached hydrogens (tertiary/aromatic N) is 3. The van der Waals surface area contributed by atoms with Crippen molar-refractivity contribution in [1.29, 1.82) is 0 Å². The third kappa shape index (κ3) is 4.71. The molecule has 0 saturated heterocycles. The first kappa shape index (κ1) is 16.3. The summed E-state index contributed by atoms with van der Waals surface area (Å²) in [5.41, 5.74) is 7.56. The molecule has 0 amide bonds. The molecule has 0 unspecified atom stereocenters. The smallest absolute Gasteiger partial charge is 0.237 e. The summed E-state index contributed by atoms with van der Waals surface area (Å²) in [4.78, 5) is 8.49. The predicted molar refractivity (Wildman–Crippen MR) is 89.4 cm³/mol. The average Bonchev–Trinajstić information content (AvgIpc) is 2.47. The van der Waals surface area contributed by atoms with E-state index in [9.17, 15) is 0 Å². The van der Waals surface area contributed by atoms with Crippen molar-refractivity contribution < 1.29 is 0 Å². The van der Waals surface area contributed by atoms with E-state index in [4.69, 9.17) is 11.6 Å². The highest BCUT2D eigenvalue weighted by molar-refractivity contribution is 8.15. The number of nitrogens with two attached hydrogens (primary N) is 2. The lowest BCUT2D eigenvalue weighted by Gasteiger charge is -2.10. The number of thioether (sulfide) groups is 1. The number of hydrazone groups is 1. The van der Waals surface area contributed by atoms with Crippen LogP contribution in [0, 0.1) is 0 Å². The average molecular weight is 310 g/mol. The van der Waals surface area contributed by atoms with E-state index >= 15 is 0 Å². The molecule has 106 valence electrons. The van der Waals surface area contributed by atoms with Crippen molar-refractivity contribution in [3.8, 4) is 0 Å². The monoisotopic (exact) mass is 309 g/mol. The molecule has 1 aromatic rings. The summed E-state index contributed by atoms with van der Waals surface area (Å²) in [6.07, 6.45) is 4.40. The molecule has 7 heteroatoms. The molecule has 0 radical (unpaired) electrons. The van der Waals surface area contributed by atoms with E-state index in [2.05, 4.69) is 27.2 Å². The van der Waals surface area contributed by atoms with Crippen LogP contribution >= 0.6 is 24.2 Å². The number of hydrogen-bond acceptors (Lipinski definition) is 4. The molecule has 5 nitrogen and oxygen atoms in total. The summed E-state index contributed by atoms with van der Waals surface area (Å²) < 4.78 is 0. The van der Waals surface area contributed by atoms with Crippen molar-refractivity contribution in [3.05, 3.63) is 48.2 Å². The third-order valence-electron chi connectivity index (χ3n) is 2.46. The Balaban J connectivity index is 0.00000200. The molecule has 0 saturated carbocycles. The van der Waals surface area contributed by atoms with Gasteiger partial charge in [0.2, 0.25) is 5.96 Å². The van der Waals surface area contributed by atoms with Gasteiger partial charge in [-0.3, -0.25) is 0 Å². The highest BCUT2D eigenvalue weighted by atomic mass is 35.5. The first-order chi connectivity index (χ1) is 9.29. The fourth-order valence-corrected chi connectivity index (χ4v) is 2.48. The van der Waals surface area contributed by atoms with Gasteiger partial charge in [-0.25, -0.2) is 9.98 Å². The standard InChI is InChI=1S/C13H15N5S.ClH/c14-13(18-15)17-11-7-4-8-16-12(11)19-9-10-5-2-1-3-6-10;/h1-6,8H,7,9,15H2,(H2,14,18);1H. The van der Waals surface area contributed by atoms with Gasteiger partial charge >= 0.3 is 0 Å². The van der Waals surface area contributed by atoms with Crippen LogP contribution in [0.5, 0.6) is 0 Å². The van der Waals surface area contributed by atoms with Gasteiger partial charge < -0.3 is 11.6 Å². The number of aliphatic imine (C=N–C) groups is 2. The lowest BCUT2D eigenvalue weighted by atomic mass is 10.2. The zero-order chi connectivity index (χ0) is 13.5. The molecule has 4 N–H and O–H groups in total. The summed E-state index contributed by atoms with van der Waals surface area (Å²) in [5.74, 6) is 6.00. The van der Waals surface area contributed by atoms with Crippen LogP contribution < -0.4 is 11.6 Å². The summed E-state index contributed by atoms with van der Waals surface area (Å²) in [7, 11) is 0. The zero-order valence-electron chi connectivity index (χ0n) is 10.8. The molecule has 1 aliphatic rings. The SMILES string of the molecule is Cl.NN=C(N)N=C1CC=CN=C1SCc1ccccc1. The number of guanidine groups is 1. The molecular weight excluding hydrogens is 294 g/mol. The van der Waals surface area contributed by atoms with Crippen molar-refractivity contribution in [2.24, 2.45) is 26.7 Å². The molecule has 0 aliphatic carbocycles. The molecule has 1 aromatic carbocycles. The van der Waals surface area contributed by atoms with Gasteiger partial charge in [-0.1, -0.05) is 48.2 Å². The van der Waals surface area contributed by atoms with Crippen molar-refractivity contribution in [3.63, 3.8) is 0 Å². The van der Waals surface area contributed by atoms with E-state index in [-0.39, 0.29) is 18.4 Å². The summed E-state index contributed by atoms with van der Waals surface area (Å²) in [6, 6.07) is 10.2. The molecule has 2 rings (SSSR count). The summed E-state index contributed by atoms with van der Waals surface area (Å²) in [6.45, 7) is 0. The molecule has 20 heavy (non-hydrogen) atoms. The predicted octanol–water partition coefficient (Wildman–Crippen LogP) is 2.29. The van der Waals surface area contributed by atoms with E-state index in [1.165, 1.54) is 5.56 Å². The maximum atomic E-state index is 5.52. The first-order valence-corrected chi connectivity index (χ1v) is 6.79. The van der Waals surface area contributed by atoms with E-state index in [1.54, 1.807) is 18.0 Å². The van der Waals surface area contributed by atoms with Gasteiger partial charge in [0.15, 0.2) is 0 Å². The largest absolute Gasteiger partial charge is 0.367 e. The minimum atomic E-state index is 0. The topological polar surface area (TPSA) is 89.1 Å². The maximum absolute atomic E-state index is 5.52. The minimum absolute atomic E-state index is 0. The molecule has 0 aromatic heterocycles. The Hall–Kier alpha value is -1.79. The molecule has 1 aliphatic heterocycles. The van der Waals surface area contributed by atoms with E-state index in [0.717, 1.165) is 16.5 Å². The number of allylic oxidation sites excluding steroid dienone is 1. The Morgan fingerprint density at radius 1 is 1.30 bits per heavy atom. The van der Waals surface area contributed by atoms with Crippen LogP contribution in [0.2, 0.25) is 0 Å². The lowest BCUT2D eigenvalue weighted by Crippen LogP contribution is -2.19. The zero-order valence-corrected chi connectivity index (χ0v) is 12.4. The third-order valence-corrected chi connectivity index (χ3v) is 3.55. The highest BCUT2D eigenvalue weighted by Gasteiger charge is 2.12. The second kappa shape index (κ2) is 8.39. The Morgan fingerprint density at radius 3 is 2.75 bits per heavy atom. The molecular formula is C13H16ClN5S. The van der Waals surface area contributed by atoms with Crippen molar-refractivity contribution >= 4 is 40.9 Å². The van der Waals surface area contributed by atoms with Gasteiger partial charge in [0.05, 0.1) is 5.71 Å². The van der Waals surface area contributed by atoms with Crippen LogP contribution in [-0.4, -0.2) is 16.7 Å². The Kier molecular flexibility index (Phi) is 6.83. The number of halogens is 1. The highest BCUT2D eigenvalue weighted by Crippen LogP contribution is 2.18. The van der Waals surface area contributed by atoms with Crippen molar-refractivity contribution in [1.82, 2.24) is 0 Å². The van der Waals surface area contributed by atoms with Crippen LogP contribution in [0.4, 0.5) is 0 Å². The Morgan fingerprint density at radius 2 is 2.05 bits per heavy atom. The number of benzene rings is 1. The fraction of sp³-hybridized carbons (Fsp3) is 0.154. The second-order valence-electron chi connectivity index (χ2n) is 3.84. The quantitative estimate of drug-likeness (QED) is 0.380. The molecule has 1 heterocycles. The second-order valence-corrected chi connectivity index (χ2v) is 4.81. The van der Waals surface area contributed by atoms with Crippen LogP contribution in [0.25, 0.3) is 0 Å². The van der Waals surface area contributed by atoms with E-state index in [1.807, 2.05) is 24.3 Å². The van der Waals surface area contributed by atoms with Gasteiger partial charge in [-0.2, -0.15) is 0 Å². The number of hydrogen-bond donors (Lipinski definition) is 2. The van der Waals surface area contributed by atoms with Crippen LogP contribution in [0.3, 0.4) is 0 Å². The summed E-state index contributed by atoms with van der Waals surface area (Å²) in [5, 5.41) is 4.21. The Labute approximate surface area is 128 Å². The fourth-order valence-electron chi connectivity index (χ4n) is 1.55. The van der Waals surface area contributed by atoms with Crippen molar-refractivity contribution in [2.45, 2.75) is 12.2 Å². The Bertz CT molecular complexity index is 551. The van der Waals surface area contributed by atoms with Crippen LogP contribution in [-0.2, 0) is 5.75 Å². The maximum Gasteiger partial charge on any atom is 0.237 e. The normalized spacial score (nSPS) is 16.7. The van der Waals surface area contributed by atoms with Gasteiger partial charge in [0, 0.05) is 18.4 Å². The van der Waals surface area contributed by atoms with E-state index in [0.29, 0.717) is 6.42 Å². The summed E-state index contributed by atoms with van der Waals surface area (Å²) >= 11 is 1.63. The van der Waals surface area contributed by atoms with Crippen LogP contribution in [0.15, 0.2) is 57.7 Å². The van der Waals surface area contributed by atoms with Crippen molar-refractivity contribution in [2.75, 3.05) is 0 Å².